The van der Waals surface area contributed by atoms with Gasteiger partial charge in [-0.2, -0.15) is 22.0 Å². The van der Waals surface area contributed by atoms with Crippen LogP contribution in [0.15, 0.2) is 24.3 Å². The highest BCUT2D eigenvalue weighted by molar-refractivity contribution is 6.02. The van der Waals surface area contributed by atoms with Crippen LogP contribution < -0.4 is 16.4 Å². The van der Waals surface area contributed by atoms with Crippen LogP contribution in [-0.4, -0.2) is 77.2 Å². The molecule has 0 radical (unpaired) electrons. The minimum Gasteiger partial charge on any atom is -0.368 e. The van der Waals surface area contributed by atoms with Gasteiger partial charge in [-0.25, -0.2) is 0 Å². The molecule has 3 rings (SSSR count). The summed E-state index contributed by atoms with van der Waals surface area (Å²) in [5, 5.41) is 3.92. The number of anilines is 1. The number of alkyl halides is 5. The van der Waals surface area contributed by atoms with Crippen LogP contribution in [0.1, 0.15) is 39.2 Å². The van der Waals surface area contributed by atoms with Gasteiger partial charge in [0.1, 0.15) is 23.5 Å². The number of fused-ring (bicyclic) bond motifs is 1. The number of hydrogen-bond acceptors (Lipinski definition) is 5. The Bertz CT molecular complexity index is 1220. The number of halogens is 5. The van der Waals surface area contributed by atoms with Crippen LogP contribution in [0.5, 0.6) is 0 Å². The number of carbonyl (C=O) groups excluding carboxylic acids is 5. The Hall–Kier alpha value is -3.78. The first-order valence-electron chi connectivity index (χ1n) is 12.4. The monoisotopic (exact) mass is 575 g/mol. The summed E-state index contributed by atoms with van der Waals surface area (Å²) in [4.78, 5) is 65.1. The van der Waals surface area contributed by atoms with E-state index in [0.717, 1.165) is 29.8 Å². The molecule has 0 unspecified atom stereocenters. The lowest BCUT2D eigenvalue weighted by Crippen LogP contribution is -2.58. The number of amides is 5. The van der Waals surface area contributed by atoms with Gasteiger partial charge in [0.05, 0.1) is 0 Å². The number of carbonyl (C=O) groups is 5. The van der Waals surface area contributed by atoms with Crippen LogP contribution in [-0.2, 0) is 29.9 Å². The third-order valence-corrected chi connectivity index (χ3v) is 7.29. The number of nitrogens with zero attached hydrogens (tertiary/aromatic N) is 2. The van der Waals surface area contributed by atoms with Crippen LogP contribution in [0.2, 0.25) is 0 Å². The molecule has 40 heavy (non-hydrogen) atoms. The van der Waals surface area contributed by atoms with Crippen molar-refractivity contribution >= 4 is 35.2 Å². The zero-order chi connectivity index (χ0) is 30.4. The molecule has 15 heteroatoms. The van der Waals surface area contributed by atoms with Gasteiger partial charge in [0.25, 0.3) is 5.92 Å². The summed E-state index contributed by atoms with van der Waals surface area (Å²) in [5.74, 6) is -10.8. The van der Waals surface area contributed by atoms with Gasteiger partial charge in [-0.1, -0.05) is 32.0 Å². The van der Waals surface area contributed by atoms with Crippen molar-refractivity contribution in [2.24, 2.45) is 17.1 Å². The quantitative estimate of drug-likeness (QED) is 0.425. The largest absolute Gasteiger partial charge is 0.471 e. The molecule has 1 saturated heterocycles. The molecular weight excluding hydrogens is 545 g/mol. The first-order valence-corrected chi connectivity index (χ1v) is 12.4. The third kappa shape index (κ3) is 5.32. The molecule has 10 nitrogen and oxygen atoms in total. The average Bonchev–Trinajstić information content (AvgIpc) is 3.28. The highest BCUT2D eigenvalue weighted by Crippen LogP contribution is 2.57. The van der Waals surface area contributed by atoms with Crippen LogP contribution in [0, 0.1) is 11.3 Å². The molecule has 1 aromatic rings. The minimum absolute atomic E-state index is 0.0819. The van der Waals surface area contributed by atoms with E-state index in [4.69, 9.17) is 5.73 Å². The number of para-hydroxylation sites is 1. The molecule has 1 aromatic carbocycles. The maximum Gasteiger partial charge on any atom is 0.471 e. The standard InChI is InChI=1S/C25H30F5N5O5/c1-12(2)9-16(34(4)19(37)13(3)32-22(40)25(28,29)30)20(38)35-11-23(10-17(35)18(31)36)21(39)33-15-8-6-5-7-14(15)24(23,26)27/h5-8,12-13,16-17H,9-11H2,1-4H3,(H2,31,36)(H,32,40)(H,33,39)/t13-,16-,17-,23+/m0/s1. The SMILES string of the molecule is CC(C)C[C@@H](C(=O)N1C[C@]2(C[C@H]1C(N)=O)C(=O)Nc1ccccc1C2(F)F)N(C)C(=O)[C@H](C)NC(=O)C(F)(F)F. The van der Waals surface area contributed by atoms with Gasteiger partial charge in [-0.05, 0) is 31.7 Å². The van der Waals surface area contributed by atoms with Crippen molar-refractivity contribution < 1.29 is 45.9 Å². The fraction of sp³-hybridized carbons (Fsp3) is 0.560. The third-order valence-electron chi connectivity index (χ3n) is 7.29. The fourth-order valence-electron chi connectivity index (χ4n) is 5.15. The summed E-state index contributed by atoms with van der Waals surface area (Å²) in [6.45, 7) is 3.42. The smallest absolute Gasteiger partial charge is 0.368 e. The first kappa shape index (κ1) is 30.8. The Labute approximate surface area is 226 Å². The highest BCUT2D eigenvalue weighted by Gasteiger charge is 2.69. The van der Waals surface area contributed by atoms with E-state index < -0.39 is 83.7 Å². The maximum atomic E-state index is 16.0. The zero-order valence-corrected chi connectivity index (χ0v) is 22.1. The topological polar surface area (TPSA) is 142 Å². The zero-order valence-electron chi connectivity index (χ0n) is 22.1. The lowest BCUT2D eigenvalue weighted by molar-refractivity contribution is -0.175. The normalized spacial score (nSPS) is 23.3. The van der Waals surface area contributed by atoms with Crippen molar-refractivity contribution in [3.05, 3.63) is 29.8 Å². The van der Waals surface area contributed by atoms with Crippen molar-refractivity contribution in [3.63, 3.8) is 0 Å². The van der Waals surface area contributed by atoms with E-state index in [1.807, 2.05) is 0 Å². The van der Waals surface area contributed by atoms with Crippen molar-refractivity contribution in [1.29, 1.82) is 0 Å². The fourth-order valence-corrected chi connectivity index (χ4v) is 5.15. The molecule has 0 bridgehead atoms. The van der Waals surface area contributed by atoms with E-state index in [1.54, 1.807) is 13.8 Å². The summed E-state index contributed by atoms with van der Waals surface area (Å²) < 4.78 is 70.0. The van der Waals surface area contributed by atoms with Crippen LogP contribution >= 0.6 is 0 Å². The van der Waals surface area contributed by atoms with E-state index in [1.165, 1.54) is 23.5 Å². The van der Waals surface area contributed by atoms with Gasteiger partial charge in [0, 0.05) is 24.8 Å². The molecule has 1 spiro atoms. The molecule has 2 aliphatic heterocycles. The second-order valence-corrected chi connectivity index (χ2v) is 10.5. The van der Waals surface area contributed by atoms with E-state index >= 15 is 8.78 Å². The summed E-state index contributed by atoms with van der Waals surface area (Å²) in [6, 6.07) is 0.408. The summed E-state index contributed by atoms with van der Waals surface area (Å²) in [7, 11) is 1.10. The predicted octanol–water partition coefficient (Wildman–Crippen LogP) is 1.74. The summed E-state index contributed by atoms with van der Waals surface area (Å²) in [6.07, 6.45) is -6.14. The number of likely N-dealkylation sites (N-methyl/N-ethyl adjacent to an activating group) is 1. The van der Waals surface area contributed by atoms with E-state index in [2.05, 4.69) is 5.32 Å². The van der Waals surface area contributed by atoms with Gasteiger partial charge in [-0.3, -0.25) is 24.0 Å². The molecule has 4 N–H and O–H groups in total. The Morgan fingerprint density at radius 3 is 2.33 bits per heavy atom. The lowest BCUT2D eigenvalue weighted by atomic mass is 9.72. The second kappa shape index (κ2) is 10.7. The van der Waals surface area contributed by atoms with Gasteiger partial charge in [0.2, 0.25) is 23.6 Å². The van der Waals surface area contributed by atoms with Gasteiger partial charge in [0.15, 0.2) is 0 Å². The number of nitrogens with one attached hydrogen (secondary N) is 2. The lowest BCUT2D eigenvalue weighted by Gasteiger charge is -2.41. The summed E-state index contributed by atoms with van der Waals surface area (Å²) in [5.41, 5.74) is 2.29. The number of hydrogen-bond donors (Lipinski definition) is 3. The van der Waals surface area contributed by atoms with Crippen molar-refractivity contribution in [2.45, 2.75) is 63.8 Å². The second-order valence-electron chi connectivity index (χ2n) is 10.5. The molecule has 2 heterocycles. The number of likely N-dealkylation sites (tertiary alicyclic amines) is 1. The number of rotatable bonds is 7. The molecule has 0 saturated carbocycles. The first-order chi connectivity index (χ1) is 18.3. The summed E-state index contributed by atoms with van der Waals surface area (Å²) >= 11 is 0. The van der Waals surface area contributed by atoms with Crippen LogP contribution in [0.3, 0.4) is 0 Å². The van der Waals surface area contributed by atoms with Crippen molar-refractivity contribution in [2.75, 3.05) is 18.9 Å². The number of benzene rings is 1. The van der Waals surface area contributed by atoms with Gasteiger partial charge in [-0.15, -0.1) is 0 Å². The molecule has 220 valence electrons. The molecule has 2 aliphatic rings. The Morgan fingerprint density at radius 2 is 1.77 bits per heavy atom. The molecular formula is C25H30F5N5O5. The molecule has 0 aromatic heterocycles. The van der Waals surface area contributed by atoms with Gasteiger partial charge < -0.3 is 26.2 Å². The maximum absolute atomic E-state index is 16.0. The van der Waals surface area contributed by atoms with Crippen molar-refractivity contribution in [1.82, 2.24) is 15.1 Å². The van der Waals surface area contributed by atoms with E-state index in [-0.39, 0.29) is 18.0 Å². The highest BCUT2D eigenvalue weighted by atomic mass is 19.4. The molecule has 4 atom stereocenters. The van der Waals surface area contributed by atoms with E-state index in [0.29, 0.717) is 0 Å². The Morgan fingerprint density at radius 1 is 1.18 bits per heavy atom. The number of primary amides is 1. The van der Waals surface area contributed by atoms with Gasteiger partial charge >= 0.3 is 12.1 Å². The predicted molar refractivity (Wildman–Crippen MR) is 130 cm³/mol. The minimum atomic E-state index is -5.26. The molecule has 5 amide bonds. The molecule has 0 aliphatic carbocycles. The van der Waals surface area contributed by atoms with Crippen LogP contribution in [0.25, 0.3) is 0 Å². The number of nitrogens with two attached hydrogens (primary N) is 1. The van der Waals surface area contributed by atoms with E-state index in [9.17, 15) is 37.1 Å². The Kier molecular flexibility index (Phi) is 8.19. The van der Waals surface area contributed by atoms with Crippen molar-refractivity contribution in [3.8, 4) is 0 Å². The molecule has 1 fully saturated rings. The average molecular weight is 576 g/mol. The van der Waals surface area contributed by atoms with Crippen LogP contribution in [0.4, 0.5) is 27.6 Å². The Balaban J connectivity index is 1.97.